The van der Waals surface area contributed by atoms with Gasteiger partial charge in [0.25, 0.3) is 0 Å². The topological polar surface area (TPSA) is 106 Å². The number of urea groups is 1. The van der Waals surface area contributed by atoms with Crippen LogP contribution in [0.15, 0.2) is 67.1 Å². The van der Waals surface area contributed by atoms with Crippen LogP contribution in [0.4, 0.5) is 25.7 Å². The Hall–Kier alpha value is -4.55. The van der Waals surface area contributed by atoms with Crippen molar-refractivity contribution in [3.63, 3.8) is 0 Å². The Labute approximate surface area is 227 Å². The highest BCUT2D eigenvalue weighted by Crippen LogP contribution is 2.31. The van der Waals surface area contributed by atoms with Gasteiger partial charge >= 0.3 is 6.03 Å². The third-order valence-corrected chi connectivity index (χ3v) is 7.05. The average Bonchev–Trinajstić information content (AvgIpc) is 3.56. The average molecular weight is 546 g/mol. The number of hydrogen-bond acceptors (Lipinski definition) is 8. The number of hydrogen-bond donors (Lipinski definition) is 2. The molecular formula is C27H24FN7O3S. The second-order valence-electron chi connectivity index (χ2n) is 8.88. The van der Waals surface area contributed by atoms with Crippen molar-refractivity contribution in [1.29, 1.82) is 0 Å². The number of benzene rings is 2. The number of morpholine rings is 1. The molecule has 5 aromatic rings. The number of amides is 2. The number of nitrogens with zero attached hydrogens (tertiary/aromatic N) is 5. The molecule has 0 bridgehead atoms. The van der Waals surface area contributed by atoms with Crippen molar-refractivity contribution >= 4 is 44.1 Å². The number of aryl methyl sites for hydroxylation is 1. The lowest BCUT2D eigenvalue weighted by Gasteiger charge is -2.28. The van der Waals surface area contributed by atoms with Gasteiger partial charge in [-0.25, -0.2) is 14.2 Å². The van der Waals surface area contributed by atoms with Gasteiger partial charge < -0.3 is 19.7 Å². The molecule has 0 unspecified atom stereocenters. The van der Waals surface area contributed by atoms with Gasteiger partial charge in [-0.2, -0.15) is 5.10 Å². The first-order valence-corrected chi connectivity index (χ1v) is 13.1. The number of nitrogens with one attached hydrogen (secondary N) is 2. The first-order valence-electron chi connectivity index (χ1n) is 12.2. The molecule has 1 saturated heterocycles. The number of carbonyl (C=O) groups excluding carboxylic acids is 1. The fourth-order valence-electron chi connectivity index (χ4n) is 4.22. The summed E-state index contributed by atoms with van der Waals surface area (Å²) in [5.41, 5.74) is 3.65. The predicted octanol–water partition coefficient (Wildman–Crippen LogP) is 5.50. The molecule has 0 saturated carbocycles. The molecule has 198 valence electrons. The summed E-state index contributed by atoms with van der Waals surface area (Å²) in [7, 11) is 1.82. The molecule has 6 rings (SSSR count). The molecule has 0 aliphatic carbocycles. The number of halogens is 1. The van der Waals surface area contributed by atoms with Crippen LogP contribution in [0.25, 0.3) is 21.5 Å². The molecular weight excluding hydrogens is 521 g/mol. The second-order valence-corrected chi connectivity index (χ2v) is 9.91. The van der Waals surface area contributed by atoms with Crippen molar-refractivity contribution in [1.82, 2.24) is 19.7 Å². The second kappa shape index (κ2) is 10.7. The summed E-state index contributed by atoms with van der Waals surface area (Å²) in [4.78, 5) is 23.7. The number of rotatable bonds is 6. The summed E-state index contributed by atoms with van der Waals surface area (Å²) in [6, 6.07) is 13.1. The van der Waals surface area contributed by atoms with Crippen LogP contribution in [0.5, 0.6) is 11.5 Å². The number of pyridine rings is 1. The van der Waals surface area contributed by atoms with Gasteiger partial charge in [0, 0.05) is 61.6 Å². The van der Waals surface area contributed by atoms with Gasteiger partial charge in [0.1, 0.15) is 5.75 Å². The smallest absolute Gasteiger partial charge is 0.325 e. The molecule has 0 atom stereocenters. The van der Waals surface area contributed by atoms with E-state index in [-0.39, 0.29) is 11.4 Å². The van der Waals surface area contributed by atoms with Crippen LogP contribution in [0.1, 0.15) is 0 Å². The van der Waals surface area contributed by atoms with Gasteiger partial charge in [-0.3, -0.25) is 15.0 Å². The molecule has 12 heteroatoms. The number of fused-ring (bicyclic) bond motifs is 1. The highest BCUT2D eigenvalue weighted by atomic mass is 32.1. The van der Waals surface area contributed by atoms with Crippen LogP contribution in [-0.2, 0) is 11.8 Å². The zero-order valence-corrected chi connectivity index (χ0v) is 21.7. The Kier molecular flexibility index (Phi) is 6.78. The lowest BCUT2D eigenvalue weighted by Crippen LogP contribution is -2.36. The summed E-state index contributed by atoms with van der Waals surface area (Å²) in [6.45, 7) is 3.09. The highest BCUT2D eigenvalue weighted by molar-refractivity contribution is 7.22. The minimum absolute atomic E-state index is 0.0199. The van der Waals surface area contributed by atoms with Crippen LogP contribution in [0, 0.1) is 5.82 Å². The number of anilines is 3. The number of carbonyl (C=O) groups is 1. The van der Waals surface area contributed by atoms with Crippen LogP contribution in [0.3, 0.4) is 0 Å². The number of thiazole rings is 1. The van der Waals surface area contributed by atoms with Crippen molar-refractivity contribution < 1.29 is 18.7 Å². The van der Waals surface area contributed by atoms with Crippen molar-refractivity contribution in [2.24, 2.45) is 7.05 Å². The van der Waals surface area contributed by atoms with E-state index < -0.39 is 11.8 Å². The third kappa shape index (κ3) is 5.66. The molecule has 4 heterocycles. The maximum absolute atomic E-state index is 14.8. The summed E-state index contributed by atoms with van der Waals surface area (Å²) in [6.07, 6.45) is 5.10. The molecule has 0 spiro atoms. The standard InChI is InChI=1S/C27H24FN7O3S/c1-34-16-17(15-30-34)23-14-20(6-7-29-23)38-24-5-2-18(12-21(24)28)31-26(36)33-27-32-22-4-3-19(13-25(22)39-27)35-8-10-37-11-9-35/h2-7,12-16H,8-11H2,1H3,(H2,31,32,33,36). The molecule has 2 amide bonds. The van der Waals surface area contributed by atoms with E-state index in [1.807, 2.05) is 25.4 Å². The lowest BCUT2D eigenvalue weighted by molar-refractivity contribution is 0.122. The lowest BCUT2D eigenvalue weighted by atomic mass is 10.2. The normalized spacial score (nSPS) is 13.4. The maximum atomic E-state index is 14.8. The van der Waals surface area contributed by atoms with E-state index in [4.69, 9.17) is 9.47 Å². The summed E-state index contributed by atoms with van der Waals surface area (Å²) in [5.74, 6) is -0.177. The van der Waals surface area contributed by atoms with E-state index in [1.165, 1.54) is 23.5 Å². The van der Waals surface area contributed by atoms with Crippen molar-refractivity contribution in [2.75, 3.05) is 41.8 Å². The molecule has 1 aliphatic rings. The Morgan fingerprint density at radius 3 is 2.77 bits per heavy atom. The quantitative estimate of drug-likeness (QED) is 0.290. The molecule has 10 nitrogen and oxygen atoms in total. The van der Waals surface area contributed by atoms with Crippen LogP contribution in [0.2, 0.25) is 0 Å². The summed E-state index contributed by atoms with van der Waals surface area (Å²) in [5, 5.41) is 9.96. The van der Waals surface area contributed by atoms with Gasteiger partial charge in [-0.1, -0.05) is 11.3 Å². The SMILES string of the molecule is Cn1cc(-c2cc(Oc3ccc(NC(=O)Nc4nc5ccc(N6CCOCC6)cc5s4)cc3F)ccn2)cn1. The van der Waals surface area contributed by atoms with Gasteiger partial charge in [0.2, 0.25) is 0 Å². The van der Waals surface area contributed by atoms with Gasteiger partial charge in [-0.05, 0) is 36.4 Å². The Balaban J connectivity index is 1.10. The van der Waals surface area contributed by atoms with Gasteiger partial charge in [0.15, 0.2) is 16.7 Å². The fraction of sp³-hybridized carbons (Fsp3) is 0.185. The van der Waals surface area contributed by atoms with Crippen LogP contribution in [-0.4, -0.2) is 52.1 Å². The van der Waals surface area contributed by atoms with E-state index in [2.05, 4.69) is 36.7 Å². The highest BCUT2D eigenvalue weighted by Gasteiger charge is 2.15. The van der Waals surface area contributed by atoms with E-state index >= 15 is 0 Å². The molecule has 39 heavy (non-hydrogen) atoms. The zero-order valence-electron chi connectivity index (χ0n) is 20.9. The minimum atomic E-state index is -0.622. The monoisotopic (exact) mass is 545 g/mol. The van der Waals surface area contributed by atoms with E-state index in [0.29, 0.717) is 29.8 Å². The fourth-order valence-corrected chi connectivity index (χ4v) is 5.11. The number of aromatic nitrogens is 4. The zero-order chi connectivity index (χ0) is 26.8. The molecule has 2 N–H and O–H groups in total. The molecule has 2 aromatic carbocycles. The van der Waals surface area contributed by atoms with Crippen molar-refractivity contribution in [3.8, 4) is 22.8 Å². The maximum Gasteiger partial charge on any atom is 0.325 e. The van der Waals surface area contributed by atoms with E-state index in [0.717, 1.165) is 34.6 Å². The minimum Gasteiger partial charge on any atom is -0.454 e. The summed E-state index contributed by atoms with van der Waals surface area (Å²) >= 11 is 1.38. The molecule has 0 radical (unpaired) electrons. The van der Waals surface area contributed by atoms with Gasteiger partial charge in [-0.15, -0.1) is 0 Å². The molecule has 1 fully saturated rings. The van der Waals surface area contributed by atoms with Crippen LogP contribution < -0.4 is 20.3 Å². The first-order chi connectivity index (χ1) is 19.0. The Morgan fingerprint density at radius 1 is 1.10 bits per heavy atom. The molecule has 3 aromatic heterocycles. The van der Waals surface area contributed by atoms with Gasteiger partial charge in [0.05, 0.1) is 35.3 Å². The first kappa shape index (κ1) is 24.8. The van der Waals surface area contributed by atoms with E-state index in [9.17, 15) is 9.18 Å². The largest absolute Gasteiger partial charge is 0.454 e. The predicted molar refractivity (Wildman–Crippen MR) is 148 cm³/mol. The third-order valence-electron chi connectivity index (χ3n) is 6.12. The van der Waals surface area contributed by atoms with Crippen LogP contribution >= 0.6 is 11.3 Å². The van der Waals surface area contributed by atoms with Crippen molar-refractivity contribution in [2.45, 2.75) is 0 Å². The van der Waals surface area contributed by atoms with E-state index in [1.54, 1.807) is 35.3 Å². The Morgan fingerprint density at radius 2 is 1.97 bits per heavy atom. The number of ether oxygens (including phenoxy) is 2. The molecule has 1 aliphatic heterocycles. The Bertz CT molecular complexity index is 1650. The summed E-state index contributed by atoms with van der Waals surface area (Å²) < 4.78 is 28.6. The van der Waals surface area contributed by atoms with Crippen molar-refractivity contribution in [3.05, 3.63) is 72.9 Å².